The molecule has 0 aliphatic rings. The van der Waals surface area contributed by atoms with Gasteiger partial charge in [-0.25, -0.2) is 0 Å². The minimum Gasteiger partial charge on any atom is -0.391 e. The Morgan fingerprint density at radius 2 is 1.86 bits per heavy atom. The third-order valence-corrected chi connectivity index (χ3v) is 2.71. The summed E-state index contributed by atoms with van der Waals surface area (Å²) in [6.45, 7) is 1.25. The maximum Gasteiger partial charge on any atom is 0.294 e. The van der Waals surface area contributed by atoms with Crippen LogP contribution in [0.3, 0.4) is 0 Å². The monoisotopic (exact) mass is 299 g/mol. The minimum atomic E-state index is -1.64. The van der Waals surface area contributed by atoms with E-state index < -0.39 is 29.3 Å². The largest absolute Gasteiger partial charge is 0.391 e. The lowest BCUT2D eigenvalue weighted by Crippen LogP contribution is -2.44. The molecule has 0 unspecified atom stereocenters. The van der Waals surface area contributed by atoms with Crippen LogP contribution in [0.4, 0.5) is 11.4 Å². The van der Waals surface area contributed by atoms with E-state index in [2.05, 4.69) is 10.5 Å². The van der Waals surface area contributed by atoms with Gasteiger partial charge in [0, 0.05) is 6.07 Å². The van der Waals surface area contributed by atoms with Crippen molar-refractivity contribution in [2.24, 2.45) is 5.10 Å². The summed E-state index contributed by atoms with van der Waals surface area (Å²) in [5.41, 5.74) is 2.27. The van der Waals surface area contributed by atoms with Crippen molar-refractivity contribution in [3.05, 3.63) is 34.4 Å². The molecule has 0 fully saturated rings. The van der Waals surface area contributed by atoms with Gasteiger partial charge in [-0.15, -0.1) is 0 Å². The van der Waals surface area contributed by atoms with Gasteiger partial charge in [0.25, 0.3) is 5.69 Å². The topological polar surface area (TPSA) is 148 Å². The van der Waals surface area contributed by atoms with E-state index in [1.807, 2.05) is 0 Å². The highest BCUT2D eigenvalue weighted by atomic mass is 16.6. The van der Waals surface area contributed by atoms with Gasteiger partial charge in [0.2, 0.25) is 0 Å². The van der Waals surface area contributed by atoms with Gasteiger partial charge in [-0.1, -0.05) is 12.1 Å². The Bertz CT molecular complexity index is 508. The Hall–Kier alpha value is -2.07. The van der Waals surface area contributed by atoms with E-state index >= 15 is 0 Å². The van der Waals surface area contributed by atoms with Crippen LogP contribution in [0.25, 0.3) is 0 Å². The quantitative estimate of drug-likeness (QED) is 0.258. The van der Waals surface area contributed by atoms with Gasteiger partial charge in [-0.3, -0.25) is 15.5 Å². The van der Waals surface area contributed by atoms with Gasteiger partial charge in [0.1, 0.15) is 24.0 Å². The summed E-state index contributed by atoms with van der Waals surface area (Å²) in [6, 6.07) is 5.75. The molecule has 0 bridgehead atoms. The second-order valence-electron chi connectivity index (χ2n) is 4.38. The van der Waals surface area contributed by atoms with Gasteiger partial charge in [0.05, 0.1) is 17.2 Å². The molecule has 5 N–H and O–H groups in total. The number of rotatable bonds is 7. The number of benzene rings is 1. The summed E-state index contributed by atoms with van der Waals surface area (Å²) in [7, 11) is 0. The predicted octanol–water partition coefficient (Wildman–Crippen LogP) is -0.544. The molecule has 1 rings (SSSR count). The highest BCUT2D eigenvalue weighted by Gasteiger charge is 2.27. The average Bonchev–Trinajstić information content (AvgIpc) is 2.45. The van der Waals surface area contributed by atoms with Crippen LogP contribution in [0.15, 0.2) is 29.4 Å². The molecule has 0 saturated carbocycles. The Labute approximate surface area is 120 Å². The van der Waals surface area contributed by atoms with Crippen LogP contribution in [0, 0.1) is 10.1 Å². The van der Waals surface area contributed by atoms with Crippen LogP contribution in [0.1, 0.15) is 6.92 Å². The average molecular weight is 299 g/mol. The molecule has 4 atom stereocenters. The molecule has 0 radical (unpaired) electrons. The number of hydrazone groups is 1. The maximum atomic E-state index is 10.8. The van der Waals surface area contributed by atoms with Gasteiger partial charge in [-0.2, -0.15) is 5.10 Å². The molecular weight excluding hydrogens is 282 g/mol. The lowest BCUT2D eigenvalue weighted by atomic mass is 10.1. The van der Waals surface area contributed by atoms with Crippen LogP contribution in [-0.2, 0) is 0 Å². The first kappa shape index (κ1) is 17.0. The molecule has 0 spiro atoms. The number of anilines is 1. The molecular formula is C12H17N3O6. The fourth-order valence-electron chi connectivity index (χ4n) is 1.49. The fourth-order valence-corrected chi connectivity index (χ4v) is 1.49. The Morgan fingerprint density at radius 3 is 2.43 bits per heavy atom. The van der Waals surface area contributed by atoms with E-state index in [4.69, 9.17) is 5.11 Å². The highest BCUT2D eigenvalue weighted by Crippen LogP contribution is 2.22. The zero-order valence-corrected chi connectivity index (χ0v) is 11.2. The molecule has 0 heterocycles. The van der Waals surface area contributed by atoms with E-state index in [0.717, 1.165) is 6.21 Å². The van der Waals surface area contributed by atoms with E-state index in [1.165, 1.54) is 25.1 Å². The third kappa shape index (κ3) is 4.76. The van der Waals surface area contributed by atoms with Crippen molar-refractivity contribution in [2.45, 2.75) is 31.3 Å². The molecule has 9 nitrogen and oxygen atoms in total. The summed E-state index contributed by atoms with van der Waals surface area (Å²) < 4.78 is 0. The van der Waals surface area contributed by atoms with Crippen molar-refractivity contribution < 1.29 is 25.3 Å². The number of nitro groups is 1. The lowest BCUT2D eigenvalue weighted by molar-refractivity contribution is -0.384. The van der Waals surface area contributed by atoms with Crippen LogP contribution in [-0.4, -0.2) is 56.0 Å². The van der Waals surface area contributed by atoms with E-state index in [1.54, 1.807) is 6.07 Å². The number of nitro benzene ring substituents is 1. The van der Waals surface area contributed by atoms with Gasteiger partial charge in [-0.05, 0) is 13.0 Å². The number of nitrogens with one attached hydrogen (secondary N) is 1. The van der Waals surface area contributed by atoms with Crippen LogP contribution >= 0.6 is 0 Å². The molecule has 0 aliphatic heterocycles. The molecule has 1 aromatic rings. The smallest absolute Gasteiger partial charge is 0.294 e. The summed E-state index contributed by atoms with van der Waals surface area (Å²) in [5.74, 6) is 0. The molecule has 0 amide bonds. The number of para-hydroxylation sites is 2. The zero-order chi connectivity index (χ0) is 16.0. The van der Waals surface area contributed by atoms with Crippen LogP contribution < -0.4 is 5.43 Å². The maximum absolute atomic E-state index is 10.8. The van der Waals surface area contributed by atoms with Crippen molar-refractivity contribution in [1.29, 1.82) is 0 Å². The van der Waals surface area contributed by atoms with Gasteiger partial charge < -0.3 is 20.4 Å². The number of aliphatic hydroxyl groups excluding tert-OH is 4. The zero-order valence-electron chi connectivity index (χ0n) is 11.2. The van der Waals surface area contributed by atoms with Crippen LogP contribution in [0.2, 0.25) is 0 Å². The SMILES string of the molecule is C[C@@H](O)[C@H](O)[C@H](O)[C@H](O)/C=N\Nc1ccccc1[N+](=O)[O-]. The first-order chi connectivity index (χ1) is 9.84. The van der Waals surface area contributed by atoms with E-state index in [0.29, 0.717) is 0 Å². The molecule has 21 heavy (non-hydrogen) atoms. The normalized spacial score (nSPS) is 17.2. The van der Waals surface area contributed by atoms with Gasteiger partial charge >= 0.3 is 0 Å². The standard InChI is InChI=1S/C12H17N3O6/c1-7(16)11(18)12(19)10(17)6-13-14-8-4-2-3-5-9(8)15(20)21/h2-7,10-12,14,16-19H,1H3/b13-6-/t7-,10-,11+,12-/m1/s1. The first-order valence-corrected chi connectivity index (χ1v) is 6.09. The Morgan fingerprint density at radius 1 is 1.24 bits per heavy atom. The summed E-state index contributed by atoms with van der Waals surface area (Å²) in [4.78, 5) is 10.2. The Kier molecular flexibility index (Phi) is 6.18. The van der Waals surface area contributed by atoms with Crippen molar-refractivity contribution in [3.63, 3.8) is 0 Å². The number of hydrogen-bond donors (Lipinski definition) is 5. The minimum absolute atomic E-state index is 0.108. The number of nitrogens with zero attached hydrogens (tertiary/aromatic N) is 2. The second-order valence-corrected chi connectivity index (χ2v) is 4.38. The Balaban J connectivity index is 2.69. The van der Waals surface area contributed by atoms with Crippen molar-refractivity contribution in [2.75, 3.05) is 5.43 Å². The van der Waals surface area contributed by atoms with E-state index in [9.17, 15) is 25.4 Å². The molecule has 116 valence electrons. The first-order valence-electron chi connectivity index (χ1n) is 6.09. The molecule has 0 aliphatic carbocycles. The summed E-state index contributed by atoms with van der Waals surface area (Å²) in [5, 5.41) is 51.8. The van der Waals surface area contributed by atoms with E-state index in [-0.39, 0.29) is 11.4 Å². The third-order valence-electron chi connectivity index (χ3n) is 2.71. The van der Waals surface area contributed by atoms with Crippen LogP contribution in [0.5, 0.6) is 0 Å². The molecule has 1 aromatic carbocycles. The number of aliphatic hydroxyl groups is 4. The lowest BCUT2D eigenvalue weighted by Gasteiger charge is -2.22. The van der Waals surface area contributed by atoms with Gasteiger partial charge in [0.15, 0.2) is 0 Å². The summed E-state index contributed by atoms with van der Waals surface area (Å²) >= 11 is 0. The van der Waals surface area contributed by atoms with Crippen molar-refractivity contribution in [1.82, 2.24) is 0 Å². The van der Waals surface area contributed by atoms with Crippen molar-refractivity contribution >= 4 is 17.6 Å². The molecule has 0 aromatic heterocycles. The highest BCUT2D eigenvalue weighted by molar-refractivity contribution is 5.67. The fraction of sp³-hybridized carbons (Fsp3) is 0.417. The predicted molar refractivity (Wildman–Crippen MR) is 74.9 cm³/mol. The second kappa shape index (κ2) is 7.64. The number of hydrogen-bond acceptors (Lipinski definition) is 8. The summed E-state index contributed by atoms with van der Waals surface area (Å²) in [6.07, 6.45) is -5.09. The molecule has 0 saturated heterocycles. The molecule has 9 heteroatoms. The van der Waals surface area contributed by atoms with Crippen molar-refractivity contribution in [3.8, 4) is 0 Å².